The van der Waals surface area contributed by atoms with Crippen LogP contribution in [-0.2, 0) is 9.47 Å². The lowest BCUT2D eigenvalue weighted by atomic mass is 10.1. The van der Waals surface area contributed by atoms with Crippen molar-refractivity contribution in [2.45, 2.75) is 44.7 Å². The van der Waals surface area contributed by atoms with E-state index < -0.39 is 11.9 Å². The standard InChI is InChI=1S/C10H18O3/c1-4-5-6-8(11)9-7-12-10(2,3)13-9/h4,8-9,11H,1,5-7H2,2-3H3/t8-,9+/m0/s1. The molecule has 1 fully saturated rings. The second kappa shape index (κ2) is 4.22. The van der Waals surface area contributed by atoms with Crippen LogP contribution < -0.4 is 0 Å². The van der Waals surface area contributed by atoms with Crippen molar-refractivity contribution in [2.75, 3.05) is 6.61 Å². The van der Waals surface area contributed by atoms with Crippen molar-refractivity contribution in [2.24, 2.45) is 0 Å². The number of rotatable bonds is 4. The molecule has 3 heteroatoms. The van der Waals surface area contributed by atoms with E-state index in [0.717, 1.165) is 6.42 Å². The Morgan fingerprint density at radius 3 is 2.85 bits per heavy atom. The van der Waals surface area contributed by atoms with Gasteiger partial charge in [0, 0.05) is 0 Å². The van der Waals surface area contributed by atoms with Crippen molar-refractivity contribution in [3.63, 3.8) is 0 Å². The van der Waals surface area contributed by atoms with Crippen molar-refractivity contribution in [1.29, 1.82) is 0 Å². The van der Waals surface area contributed by atoms with E-state index in [1.165, 1.54) is 0 Å². The zero-order chi connectivity index (χ0) is 9.90. The number of ether oxygens (including phenoxy) is 2. The van der Waals surface area contributed by atoms with Gasteiger partial charge in [-0.1, -0.05) is 6.08 Å². The van der Waals surface area contributed by atoms with E-state index in [-0.39, 0.29) is 6.10 Å². The fraction of sp³-hybridized carbons (Fsp3) is 0.800. The first-order valence-corrected chi connectivity index (χ1v) is 4.66. The Morgan fingerprint density at radius 1 is 1.69 bits per heavy atom. The van der Waals surface area contributed by atoms with Crippen LogP contribution in [0.3, 0.4) is 0 Å². The van der Waals surface area contributed by atoms with Crippen LogP contribution >= 0.6 is 0 Å². The van der Waals surface area contributed by atoms with E-state index >= 15 is 0 Å². The first-order valence-electron chi connectivity index (χ1n) is 4.66. The van der Waals surface area contributed by atoms with Crippen molar-refractivity contribution >= 4 is 0 Å². The highest BCUT2D eigenvalue weighted by atomic mass is 16.7. The van der Waals surface area contributed by atoms with E-state index in [0.29, 0.717) is 13.0 Å². The van der Waals surface area contributed by atoms with Crippen LogP contribution in [0.4, 0.5) is 0 Å². The number of hydrogen-bond acceptors (Lipinski definition) is 3. The summed E-state index contributed by atoms with van der Waals surface area (Å²) in [5.74, 6) is -0.542. The van der Waals surface area contributed by atoms with Gasteiger partial charge in [0.1, 0.15) is 6.10 Å². The monoisotopic (exact) mass is 186 g/mol. The minimum absolute atomic E-state index is 0.185. The van der Waals surface area contributed by atoms with Crippen molar-refractivity contribution in [1.82, 2.24) is 0 Å². The Labute approximate surface area is 79.3 Å². The summed E-state index contributed by atoms with van der Waals surface area (Å²) in [4.78, 5) is 0. The summed E-state index contributed by atoms with van der Waals surface area (Å²) >= 11 is 0. The molecule has 1 N–H and O–H groups in total. The molecule has 0 unspecified atom stereocenters. The second-order valence-corrected chi connectivity index (χ2v) is 3.80. The predicted octanol–water partition coefficient (Wildman–Crippen LogP) is 1.46. The fourth-order valence-corrected chi connectivity index (χ4v) is 1.38. The van der Waals surface area contributed by atoms with Crippen LogP contribution in [-0.4, -0.2) is 29.7 Å². The summed E-state index contributed by atoms with van der Waals surface area (Å²) < 4.78 is 10.8. The molecule has 0 spiro atoms. The van der Waals surface area contributed by atoms with Crippen molar-refractivity contribution in [3.8, 4) is 0 Å². The molecule has 1 heterocycles. The van der Waals surface area contributed by atoms with Crippen LogP contribution in [0.15, 0.2) is 12.7 Å². The largest absolute Gasteiger partial charge is 0.390 e. The van der Waals surface area contributed by atoms with Gasteiger partial charge in [-0.15, -0.1) is 6.58 Å². The topological polar surface area (TPSA) is 38.7 Å². The molecule has 76 valence electrons. The molecule has 0 aromatic carbocycles. The number of allylic oxidation sites excluding steroid dienone is 1. The molecular weight excluding hydrogens is 168 g/mol. The number of aliphatic hydroxyl groups is 1. The minimum atomic E-state index is -0.542. The van der Waals surface area contributed by atoms with Gasteiger partial charge in [0.2, 0.25) is 0 Å². The summed E-state index contributed by atoms with van der Waals surface area (Å²) in [7, 11) is 0. The first-order chi connectivity index (χ1) is 6.05. The summed E-state index contributed by atoms with van der Waals surface area (Å²) in [6, 6.07) is 0. The molecule has 13 heavy (non-hydrogen) atoms. The Hall–Kier alpha value is -0.380. The molecule has 1 aliphatic heterocycles. The lowest BCUT2D eigenvalue weighted by Gasteiger charge is -2.19. The van der Waals surface area contributed by atoms with Gasteiger partial charge in [-0.25, -0.2) is 0 Å². The second-order valence-electron chi connectivity index (χ2n) is 3.80. The molecule has 3 nitrogen and oxygen atoms in total. The van der Waals surface area contributed by atoms with Gasteiger partial charge < -0.3 is 14.6 Å². The molecule has 0 radical (unpaired) electrons. The van der Waals surface area contributed by atoms with Crippen LogP contribution in [0.5, 0.6) is 0 Å². The van der Waals surface area contributed by atoms with Gasteiger partial charge in [-0.05, 0) is 26.7 Å². The SMILES string of the molecule is C=CCC[C@H](O)[C@H]1COC(C)(C)O1. The Balaban J connectivity index is 2.33. The molecule has 1 saturated heterocycles. The van der Waals surface area contributed by atoms with E-state index in [2.05, 4.69) is 6.58 Å². The van der Waals surface area contributed by atoms with Crippen molar-refractivity contribution in [3.05, 3.63) is 12.7 Å². The van der Waals surface area contributed by atoms with E-state index in [4.69, 9.17) is 9.47 Å². The highest BCUT2D eigenvalue weighted by molar-refractivity contribution is 4.79. The Kier molecular flexibility index (Phi) is 3.47. The summed E-state index contributed by atoms with van der Waals surface area (Å²) in [5, 5.41) is 9.66. The average molecular weight is 186 g/mol. The molecule has 1 rings (SSSR count). The quantitative estimate of drug-likeness (QED) is 0.676. The van der Waals surface area contributed by atoms with Gasteiger partial charge in [0.15, 0.2) is 5.79 Å². The molecule has 0 aromatic heterocycles. The molecule has 0 amide bonds. The average Bonchev–Trinajstić information content (AvgIpc) is 2.42. The lowest BCUT2D eigenvalue weighted by Crippen LogP contribution is -2.30. The molecule has 0 aromatic rings. The maximum atomic E-state index is 9.66. The fourth-order valence-electron chi connectivity index (χ4n) is 1.38. The molecular formula is C10H18O3. The molecule has 0 saturated carbocycles. The van der Waals surface area contributed by atoms with Gasteiger partial charge >= 0.3 is 0 Å². The van der Waals surface area contributed by atoms with Gasteiger partial charge in [0.05, 0.1) is 12.7 Å². The predicted molar refractivity (Wildman–Crippen MR) is 50.3 cm³/mol. The zero-order valence-corrected chi connectivity index (χ0v) is 8.32. The van der Waals surface area contributed by atoms with Crippen LogP contribution in [0.2, 0.25) is 0 Å². The van der Waals surface area contributed by atoms with E-state index in [1.807, 2.05) is 13.8 Å². The smallest absolute Gasteiger partial charge is 0.163 e. The zero-order valence-electron chi connectivity index (χ0n) is 8.32. The maximum Gasteiger partial charge on any atom is 0.163 e. The summed E-state index contributed by atoms with van der Waals surface area (Å²) in [5.41, 5.74) is 0. The van der Waals surface area contributed by atoms with E-state index in [1.54, 1.807) is 6.08 Å². The third kappa shape index (κ3) is 3.10. The minimum Gasteiger partial charge on any atom is -0.390 e. The molecule has 1 aliphatic rings. The van der Waals surface area contributed by atoms with Crippen LogP contribution in [0, 0.1) is 0 Å². The van der Waals surface area contributed by atoms with Gasteiger partial charge in [-0.3, -0.25) is 0 Å². The van der Waals surface area contributed by atoms with Crippen LogP contribution in [0.1, 0.15) is 26.7 Å². The molecule has 2 atom stereocenters. The number of hydrogen-bond donors (Lipinski definition) is 1. The first kappa shape index (κ1) is 10.7. The highest BCUT2D eigenvalue weighted by Crippen LogP contribution is 2.25. The normalized spacial score (nSPS) is 28.7. The summed E-state index contributed by atoms with van der Waals surface area (Å²) in [6.45, 7) is 7.79. The maximum absolute atomic E-state index is 9.66. The third-order valence-electron chi connectivity index (χ3n) is 2.13. The molecule has 0 aliphatic carbocycles. The van der Waals surface area contributed by atoms with Crippen LogP contribution in [0.25, 0.3) is 0 Å². The highest BCUT2D eigenvalue weighted by Gasteiger charge is 2.36. The Morgan fingerprint density at radius 2 is 2.38 bits per heavy atom. The number of aliphatic hydroxyl groups excluding tert-OH is 1. The van der Waals surface area contributed by atoms with E-state index in [9.17, 15) is 5.11 Å². The van der Waals surface area contributed by atoms with Crippen molar-refractivity contribution < 1.29 is 14.6 Å². The van der Waals surface area contributed by atoms with Gasteiger partial charge in [-0.2, -0.15) is 0 Å². The lowest BCUT2D eigenvalue weighted by molar-refractivity contribution is -0.151. The Bertz CT molecular complexity index is 177. The summed E-state index contributed by atoms with van der Waals surface area (Å²) in [6.07, 6.45) is 2.66. The third-order valence-corrected chi connectivity index (χ3v) is 2.13. The molecule has 0 bridgehead atoms. The van der Waals surface area contributed by atoms with Gasteiger partial charge in [0.25, 0.3) is 0 Å².